The first-order valence-corrected chi connectivity index (χ1v) is 5.14. The van der Waals surface area contributed by atoms with E-state index >= 15 is 0 Å². The largest absolute Gasteiger partial charge is 0.0777 e. The minimum atomic E-state index is 0.936. The third-order valence-electron chi connectivity index (χ3n) is 1.67. The smallest absolute Gasteiger partial charge is 0.0688 e. The zero-order valence-electron chi connectivity index (χ0n) is 6.52. The third kappa shape index (κ3) is 1.48. The molecule has 1 heteroatoms. The number of rotatable bonds is 2. The molecule has 0 N–H and O–H groups in total. The van der Waals surface area contributed by atoms with Crippen molar-refractivity contribution in [3.63, 3.8) is 0 Å². The first-order chi connectivity index (χ1) is 4.88. The second-order valence-corrected chi connectivity index (χ2v) is 3.30. The van der Waals surface area contributed by atoms with E-state index in [0.29, 0.717) is 0 Å². The fraction of sp³-hybridized carbons (Fsp3) is 0.333. The Balaban J connectivity index is 2.96. The van der Waals surface area contributed by atoms with Gasteiger partial charge in [-0.1, -0.05) is 42.9 Å². The van der Waals surface area contributed by atoms with Crippen molar-refractivity contribution < 1.29 is 0 Å². The predicted molar refractivity (Wildman–Crippen MR) is 47.1 cm³/mol. The quantitative estimate of drug-likeness (QED) is 0.559. The number of benzene rings is 1. The van der Waals surface area contributed by atoms with Crippen molar-refractivity contribution >= 4 is 14.7 Å². The highest BCUT2D eigenvalue weighted by molar-refractivity contribution is 6.52. The molecule has 1 aromatic carbocycles. The molecule has 0 unspecified atom stereocenters. The van der Waals surface area contributed by atoms with Crippen LogP contribution in [0.25, 0.3) is 0 Å². The van der Waals surface area contributed by atoms with Crippen LogP contribution in [0.4, 0.5) is 0 Å². The third-order valence-corrected chi connectivity index (χ3v) is 2.69. The van der Waals surface area contributed by atoms with Gasteiger partial charge in [-0.15, -0.1) is 0 Å². The summed E-state index contributed by atoms with van der Waals surface area (Å²) in [5, 5.41) is 1.52. The number of hydrogen-bond acceptors (Lipinski definition) is 0. The summed E-state index contributed by atoms with van der Waals surface area (Å²) in [6.45, 7) is 4.44. The van der Waals surface area contributed by atoms with Crippen LogP contribution in [0.1, 0.15) is 12.5 Å². The summed E-state index contributed by atoms with van der Waals surface area (Å²) in [5.41, 5.74) is 1.50. The van der Waals surface area contributed by atoms with Gasteiger partial charge in [-0.25, -0.2) is 0 Å². The zero-order chi connectivity index (χ0) is 7.40. The van der Waals surface area contributed by atoms with E-state index in [-0.39, 0.29) is 0 Å². The fourth-order valence-corrected chi connectivity index (χ4v) is 1.92. The molecule has 1 aromatic rings. The van der Waals surface area contributed by atoms with Gasteiger partial charge in [0.1, 0.15) is 0 Å². The van der Waals surface area contributed by atoms with E-state index in [1.165, 1.54) is 10.8 Å². The molecule has 1 rings (SSSR count). The lowest BCUT2D eigenvalue weighted by atomic mass is 10.2. The predicted octanol–water partition coefficient (Wildman–Crippen LogP) is 1.63. The highest BCUT2D eigenvalue weighted by Crippen LogP contribution is 1.95. The van der Waals surface area contributed by atoms with E-state index in [4.69, 9.17) is 0 Å². The summed E-state index contributed by atoms with van der Waals surface area (Å²) >= 11 is 0. The molecule has 2 radical (unpaired) electrons. The molecule has 0 atom stereocenters. The molecule has 0 saturated carbocycles. The van der Waals surface area contributed by atoms with Crippen LogP contribution >= 0.6 is 0 Å². The molecular weight excluding hydrogens is 136 g/mol. The Bertz CT molecular complexity index is 183. The summed E-state index contributed by atoms with van der Waals surface area (Å²) in [4.78, 5) is 0. The van der Waals surface area contributed by atoms with Crippen LogP contribution in [0.3, 0.4) is 0 Å². The second-order valence-electron chi connectivity index (χ2n) is 2.26. The standard InChI is InChI=1S/C9H12Si/c1-3-8-6-4-5-7-9(8)10-2/h4-7H,3H2,1-2H3. The van der Waals surface area contributed by atoms with Crippen molar-refractivity contribution in [2.45, 2.75) is 19.9 Å². The van der Waals surface area contributed by atoms with Crippen LogP contribution in [0.2, 0.25) is 6.55 Å². The molecule has 52 valence electrons. The first-order valence-electron chi connectivity index (χ1n) is 3.64. The monoisotopic (exact) mass is 148 g/mol. The highest BCUT2D eigenvalue weighted by atomic mass is 28.2. The van der Waals surface area contributed by atoms with Gasteiger partial charge in [0.05, 0.1) is 9.52 Å². The normalized spacial score (nSPS) is 9.80. The molecule has 0 aliphatic rings. The average Bonchev–Trinajstić information content (AvgIpc) is 2.04. The van der Waals surface area contributed by atoms with Crippen LogP contribution in [-0.2, 0) is 6.42 Å². The van der Waals surface area contributed by atoms with Gasteiger partial charge in [0.2, 0.25) is 0 Å². The van der Waals surface area contributed by atoms with Crippen molar-refractivity contribution in [2.24, 2.45) is 0 Å². The lowest BCUT2D eigenvalue weighted by molar-refractivity contribution is 1.15. The van der Waals surface area contributed by atoms with Crippen molar-refractivity contribution in [3.05, 3.63) is 29.8 Å². The summed E-state index contributed by atoms with van der Waals surface area (Å²) < 4.78 is 0. The van der Waals surface area contributed by atoms with Crippen LogP contribution < -0.4 is 5.19 Å². The molecule has 0 fully saturated rings. The molecule has 0 heterocycles. The SMILES string of the molecule is CCc1ccccc1[Si]C. The van der Waals surface area contributed by atoms with Gasteiger partial charge in [-0.05, 0) is 12.0 Å². The molecule has 0 aliphatic carbocycles. The van der Waals surface area contributed by atoms with E-state index in [0.717, 1.165) is 15.9 Å². The van der Waals surface area contributed by atoms with Crippen LogP contribution in [0.15, 0.2) is 24.3 Å². The van der Waals surface area contributed by atoms with Crippen LogP contribution in [0, 0.1) is 0 Å². The van der Waals surface area contributed by atoms with Crippen molar-refractivity contribution in [1.29, 1.82) is 0 Å². The maximum Gasteiger partial charge on any atom is 0.0777 e. The van der Waals surface area contributed by atoms with Gasteiger partial charge in [0.25, 0.3) is 0 Å². The van der Waals surface area contributed by atoms with Gasteiger partial charge in [0.15, 0.2) is 0 Å². The molecule has 0 aromatic heterocycles. The molecule has 0 aliphatic heterocycles. The molecular formula is C9H12Si. The maximum atomic E-state index is 2.23. The Morgan fingerprint density at radius 3 is 2.50 bits per heavy atom. The van der Waals surface area contributed by atoms with Crippen molar-refractivity contribution in [1.82, 2.24) is 0 Å². The minimum absolute atomic E-state index is 0.936. The Morgan fingerprint density at radius 2 is 2.00 bits per heavy atom. The Hall–Kier alpha value is -0.563. The summed E-state index contributed by atoms with van der Waals surface area (Å²) in [7, 11) is 0.936. The van der Waals surface area contributed by atoms with Gasteiger partial charge in [-0.2, -0.15) is 0 Å². The Morgan fingerprint density at radius 1 is 1.30 bits per heavy atom. The lowest BCUT2D eigenvalue weighted by Crippen LogP contribution is -2.15. The molecule has 10 heavy (non-hydrogen) atoms. The summed E-state index contributed by atoms with van der Waals surface area (Å²) in [6, 6.07) is 8.66. The van der Waals surface area contributed by atoms with Gasteiger partial charge >= 0.3 is 0 Å². The molecule has 0 bridgehead atoms. The first kappa shape index (κ1) is 7.54. The van der Waals surface area contributed by atoms with E-state index in [9.17, 15) is 0 Å². The lowest BCUT2D eigenvalue weighted by Gasteiger charge is -2.01. The van der Waals surface area contributed by atoms with Crippen LogP contribution in [0.5, 0.6) is 0 Å². The summed E-state index contributed by atoms with van der Waals surface area (Å²) in [6.07, 6.45) is 1.16. The van der Waals surface area contributed by atoms with Gasteiger partial charge < -0.3 is 0 Å². The average molecular weight is 148 g/mol. The number of hydrogen-bond donors (Lipinski definition) is 0. The van der Waals surface area contributed by atoms with Gasteiger partial charge in [0, 0.05) is 0 Å². The Labute approximate surface area is 65.1 Å². The van der Waals surface area contributed by atoms with E-state index in [1.54, 1.807) is 0 Å². The number of aryl methyl sites for hydroxylation is 1. The minimum Gasteiger partial charge on any atom is -0.0688 e. The van der Waals surface area contributed by atoms with Gasteiger partial charge in [-0.3, -0.25) is 0 Å². The molecule has 0 saturated heterocycles. The molecule has 0 nitrogen and oxygen atoms in total. The van der Waals surface area contributed by atoms with Crippen molar-refractivity contribution in [3.8, 4) is 0 Å². The topological polar surface area (TPSA) is 0 Å². The highest BCUT2D eigenvalue weighted by Gasteiger charge is 1.94. The maximum absolute atomic E-state index is 2.23. The zero-order valence-corrected chi connectivity index (χ0v) is 7.52. The van der Waals surface area contributed by atoms with E-state index in [2.05, 4.69) is 37.7 Å². The fourth-order valence-electron chi connectivity index (χ4n) is 1.07. The van der Waals surface area contributed by atoms with Crippen LogP contribution in [-0.4, -0.2) is 9.52 Å². The second kappa shape index (κ2) is 3.57. The Kier molecular flexibility index (Phi) is 2.69. The van der Waals surface area contributed by atoms with E-state index < -0.39 is 0 Å². The summed E-state index contributed by atoms with van der Waals surface area (Å²) in [5.74, 6) is 0. The van der Waals surface area contributed by atoms with E-state index in [1.807, 2.05) is 0 Å². The van der Waals surface area contributed by atoms with Crippen molar-refractivity contribution in [2.75, 3.05) is 0 Å². The molecule has 0 spiro atoms. The molecule has 0 amide bonds.